The third-order valence-corrected chi connectivity index (χ3v) is 4.69. The summed E-state index contributed by atoms with van der Waals surface area (Å²) in [6.07, 6.45) is 0. The Hall–Kier alpha value is -1.32. The van der Waals surface area contributed by atoms with Crippen molar-refractivity contribution in [1.29, 1.82) is 0 Å². The van der Waals surface area contributed by atoms with Gasteiger partial charge >= 0.3 is 0 Å². The lowest BCUT2D eigenvalue weighted by atomic mass is 10.3. The molecule has 1 nitrogen and oxygen atoms in total. The van der Waals surface area contributed by atoms with E-state index < -0.39 is 0 Å². The normalized spacial score (nSPS) is 10.8. The average Bonchev–Trinajstić information content (AvgIpc) is 2.80. The molecule has 0 aliphatic rings. The van der Waals surface area contributed by atoms with E-state index in [-0.39, 0.29) is 0 Å². The van der Waals surface area contributed by atoms with E-state index in [2.05, 4.69) is 47.4 Å². The zero-order chi connectivity index (χ0) is 11.5. The Kier molecular flexibility index (Phi) is 3.12. The molecule has 0 aliphatic heterocycles. The van der Waals surface area contributed by atoms with E-state index in [1.165, 1.54) is 14.6 Å². The first-order valence-corrected chi connectivity index (χ1v) is 7.24. The highest BCUT2D eigenvalue weighted by Crippen LogP contribution is 2.28. The summed E-state index contributed by atoms with van der Waals surface area (Å²) in [4.78, 5) is 5.92. The van der Waals surface area contributed by atoms with Crippen LogP contribution in [0.2, 0.25) is 0 Å². The van der Waals surface area contributed by atoms with E-state index in [9.17, 15) is 0 Å². The second-order valence-electron chi connectivity index (χ2n) is 3.68. The van der Waals surface area contributed by atoms with Crippen molar-refractivity contribution in [3.05, 3.63) is 59.6 Å². The number of nitrogens with zero attached hydrogens (tertiary/aromatic N) is 1. The molecular weight excluding hydrogens is 246 g/mol. The Morgan fingerprint density at radius 2 is 1.71 bits per heavy atom. The van der Waals surface area contributed by atoms with E-state index in [0.717, 1.165) is 11.3 Å². The monoisotopic (exact) mass is 257 g/mol. The standard InChI is InChI=1S/C14H11NS2/c1-2-6-11(7-3-1)16-10-14-15-12-8-4-5-9-13(12)17-14/h1-9H,10H2. The second-order valence-corrected chi connectivity index (χ2v) is 5.84. The number of benzene rings is 2. The van der Waals surface area contributed by atoms with Crippen LogP contribution in [0.4, 0.5) is 0 Å². The van der Waals surface area contributed by atoms with Crippen LogP contribution in [0.15, 0.2) is 59.5 Å². The van der Waals surface area contributed by atoms with Crippen LogP contribution in [0.3, 0.4) is 0 Å². The van der Waals surface area contributed by atoms with E-state index >= 15 is 0 Å². The van der Waals surface area contributed by atoms with Crippen molar-refractivity contribution in [1.82, 2.24) is 4.98 Å². The molecule has 3 aromatic rings. The van der Waals surface area contributed by atoms with Crippen LogP contribution < -0.4 is 0 Å². The highest BCUT2D eigenvalue weighted by atomic mass is 32.2. The van der Waals surface area contributed by atoms with Crippen LogP contribution >= 0.6 is 23.1 Å². The van der Waals surface area contributed by atoms with Gasteiger partial charge in [-0.25, -0.2) is 4.98 Å². The Morgan fingerprint density at radius 1 is 0.941 bits per heavy atom. The smallest absolute Gasteiger partial charge is 0.104 e. The fourth-order valence-electron chi connectivity index (χ4n) is 1.64. The molecule has 0 bridgehead atoms. The Bertz CT molecular complexity index is 583. The molecule has 0 aliphatic carbocycles. The minimum Gasteiger partial charge on any atom is -0.240 e. The molecule has 0 saturated carbocycles. The van der Waals surface area contributed by atoms with Crippen LogP contribution in [-0.4, -0.2) is 4.98 Å². The van der Waals surface area contributed by atoms with Gasteiger partial charge in [0.15, 0.2) is 0 Å². The quantitative estimate of drug-likeness (QED) is 0.637. The Balaban J connectivity index is 1.77. The molecule has 0 radical (unpaired) electrons. The lowest BCUT2D eigenvalue weighted by Crippen LogP contribution is -1.77. The first kappa shape index (κ1) is 10.8. The molecule has 3 rings (SSSR count). The van der Waals surface area contributed by atoms with Crippen LogP contribution in [-0.2, 0) is 5.75 Å². The summed E-state index contributed by atoms with van der Waals surface area (Å²) in [7, 11) is 0. The molecule has 84 valence electrons. The third-order valence-electron chi connectivity index (χ3n) is 2.44. The van der Waals surface area contributed by atoms with E-state index in [1.807, 2.05) is 23.9 Å². The number of aromatic nitrogens is 1. The second kappa shape index (κ2) is 4.90. The number of rotatable bonds is 3. The first-order valence-electron chi connectivity index (χ1n) is 5.44. The third kappa shape index (κ3) is 2.51. The predicted molar refractivity (Wildman–Crippen MR) is 75.6 cm³/mol. The summed E-state index contributed by atoms with van der Waals surface area (Å²) in [5, 5.41) is 1.19. The van der Waals surface area contributed by atoms with Gasteiger partial charge in [0.1, 0.15) is 5.01 Å². The van der Waals surface area contributed by atoms with Gasteiger partial charge in [-0.1, -0.05) is 30.3 Å². The molecule has 0 amide bonds. The maximum Gasteiger partial charge on any atom is 0.104 e. The molecule has 1 aromatic heterocycles. The minimum atomic E-state index is 0.948. The van der Waals surface area contributed by atoms with Crippen molar-refractivity contribution in [2.45, 2.75) is 10.6 Å². The van der Waals surface area contributed by atoms with Crippen molar-refractivity contribution in [3.8, 4) is 0 Å². The topological polar surface area (TPSA) is 12.9 Å². The SMILES string of the molecule is c1ccc(SCc2nc3ccccc3s2)cc1. The van der Waals surface area contributed by atoms with Crippen molar-refractivity contribution in [2.24, 2.45) is 0 Å². The Labute approximate surface area is 109 Å². The van der Waals surface area contributed by atoms with Crippen LogP contribution in [0.25, 0.3) is 10.2 Å². The molecule has 0 saturated heterocycles. The first-order chi connectivity index (χ1) is 8.42. The van der Waals surface area contributed by atoms with Gasteiger partial charge in [0, 0.05) is 4.90 Å². The van der Waals surface area contributed by atoms with Crippen molar-refractivity contribution < 1.29 is 0 Å². The Morgan fingerprint density at radius 3 is 2.53 bits per heavy atom. The van der Waals surface area contributed by atoms with Gasteiger partial charge in [0.05, 0.1) is 16.0 Å². The summed E-state index contributed by atoms with van der Waals surface area (Å²) < 4.78 is 1.27. The van der Waals surface area contributed by atoms with Gasteiger partial charge in [0.2, 0.25) is 0 Å². The minimum absolute atomic E-state index is 0.948. The number of para-hydroxylation sites is 1. The fourth-order valence-corrected chi connectivity index (χ4v) is 3.52. The lowest BCUT2D eigenvalue weighted by Gasteiger charge is -1.97. The molecule has 0 fully saturated rings. The summed E-state index contributed by atoms with van der Waals surface area (Å²) in [6, 6.07) is 18.8. The van der Waals surface area contributed by atoms with Crippen LogP contribution in [0, 0.1) is 0 Å². The largest absolute Gasteiger partial charge is 0.240 e. The van der Waals surface area contributed by atoms with E-state index in [0.29, 0.717) is 0 Å². The molecule has 0 unspecified atom stereocenters. The van der Waals surface area contributed by atoms with Gasteiger partial charge in [-0.2, -0.15) is 0 Å². The highest BCUT2D eigenvalue weighted by molar-refractivity contribution is 7.98. The van der Waals surface area contributed by atoms with Crippen LogP contribution in [0.5, 0.6) is 0 Å². The molecule has 1 heterocycles. The fraction of sp³-hybridized carbons (Fsp3) is 0.0714. The highest BCUT2D eigenvalue weighted by Gasteiger charge is 2.03. The molecule has 3 heteroatoms. The average molecular weight is 257 g/mol. The predicted octanol–water partition coefficient (Wildman–Crippen LogP) is 4.59. The summed E-state index contributed by atoms with van der Waals surface area (Å²) >= 11 is 3.62. The van der Waals surface area contributed by atoms with Crippen molar-refractivity contribution in [3.63, 3.8) is 0 Å². The molecule has 2 aromatic carbocycles. The zero-order valence-electron chi connectivity index (χ0n) is 9.17. The van der Waals surface area contributed by atoms with Gasteiger partial charge in [0.25, 0.3) is 0 Å². The molecule has 0 spiro atoms. The molecule has 0 atom stereocenters. The number of hydrogen-bond acceptors (Lipinski definition) is 3. The molecule has 0 N–H and O–H groups in total. The van der Waals surface area contributed by atoms with Gasteiger partial charge in [-0.15, -0.1) is 23.1 Å². The number of thioether (sulfide) groups is 1. The number of hydrogen-bond donors (Lipinski definition) is 0. The van der Waals surface area contributed by atoms with Crippen molar-refractivity contribution >= 4 is 33.3 Å². The van der Waals surface area contributed by atoms with Gasteiger partial charge in [-0.05, 0) is 24.3 Å². The van der Waals surface area contributed by atoms with E-state index in [1.54, 1.807) is 11.3 Å². The van der Waals surface area contributed by atoms with Gasteiger partial charge in [-0.3, -0.25) is 0 Å². The molecular formula is C14H11NS2. The number of fused-ring (bicyclic) bond motifs is 1. The summed E-state index contributed by atoms with van der Waals surface area (Å²) in [5.41, 5.74) is 1.11. The number of thiazole rings is 1. The maximum absolute atomic E-state index is 4.63. The molecule has 17 heavy (non-hydrogen) atoms. The van der Waals surface area contributed by atoms with E-state index in [4.69, 9.17) is 0 Å². The lowest BCUT2D eigenvalue weighted by molar-refractivity contribution is 1.30. The summed E-state index contributed by atoms with van der Waals surface area (Å²) in [5.74, 6) is 0.948. The van der Waals surface area contributed by atoms with Crippen molar-refractivity contribution in [2.75, 3.05) is 0 Å². The van der Waals surface area contributed by atoms with Gasteiger partial charge < -0.3 is 0 Å². The summed E-state index contributed by atoms with van der Waals surface area (Å²) in [6.45, 7) is 0. The van der Waals surface area contributed by atoms with Crippen LogP contribution in [0.1, 0.15) is 5.01 Å². The maximum atomic E-state index is 4.63. The zero-order valence-corrected chi connectivity index (χ0v) is 10.8.